The Morgan fingerprint density at radius 2 is 1.96 bits per heavy atom. The molecule has 0 saturated carbocycles. The Balaban J connectivity index is 1.63. The van der Waals surface area contributed by atoms with Crippen LogP contribution in [0.2, 0.25) is 0 Å². The molecule has 4 aromatic rings. The summed E-state index contributed by atoms with van der Waals surface area (Å²) in [6.45, 7) is 0. The maximum absolute atomic E-state index is 11.0. The molecular weight excluding hydrogens is 338 g/mol. The molecule has 2 aromatic carbocycles. The molecule has 2 aromatic heterocycles. The zero-order valence-electron chi connectivity index (χ0n) is 15.3. The van der Waals surface area contributed by atoms with Gasteiger partial charge in [-0.25, -0.2) is 0 Å². The number of nitroso groups, excluding NO2 is 1. The molecule has 0 radical (unpaired) electrons. The average Bonchev–Trinajstić information content (AvgIpc) is 3.37. The van der Waals surface area contributed by atoms with Crippen molar-refractivity contribution in [1.82, 2.24) is 19.6 Å². The molecule has 134 valence electrons. The number of nitrogens with zero attached hydrogens (tertiary/aromatic N) is 5. The second-order valence-corrected chi connectivity index (χ2v) is 7.18. The van der Waals surface area contributed by atoms with Crippen LogP contribution in [-0.2, 0) is 20.5 Å². The van der Waals surface area contributed by atoms with E-state index in [0.29, 0.717) is 0 Å². The maximum atomic E-state index is 11.0. The lowest BCUT2D eigenvalue weighted by Gasteiger charge is -2.07. The summed E-state index contributed by atoms with van der Waals surface area (Å²) in [5, 5.41) is 13.4. The van der Waals surface area contributed by atoms with Crippen LogP contribution in [0.1, 0.15) is 23.6 Å². The molecule has 1 aliphatic carbocycles. The van der Waals surface area contributed by atoms with Gasteiger partial charge in [-0.1, -0.05) is 29.4 Å². The Kier molecular flexibility index (Phi) is 3.47. The normalized spacial score (nSPS) is 16.0. The molecule has 1 aliphatic rings. The maximum Gasteiger partial charge on any atom is 0.117 e. The fraction of sp³-hybridized carbons (Fsp3) is 0.238. The van der Waals surface area contributed by atoms with Crippen LogP contribution >= 0.6 is 0 Å². The Hall–Kier alpha value is -3.28. The van der Waals surface area contributed by atoms with Crippen molar-refractivity contribution >= 4 is 10.9 Å². The predicted octanol–water partition coefficient (Wildman–Crippen LogP) is 4.39. The first-order valence-electron chi connectivity index (χ1n) is 9.05. The highest BCUT2D eigenvalue weighted by atomic mass is 16.3. The standard InChI is InChI=1S/C21H19N5O/c1-25-12-18(14-3-6-17-13(9-14)4-7-19(17)24-27)21(23-25)15-5-8-20-16(10-15)11-22-26(20)2/h3,5-6,8-12,19H,4,7H2,1-2H3. The third kappa shape index (κ3) is 2.48. The van der Waals surface area contributed by atoms with Gasteiger partial charge in [0, 0.05) is 36.8 Å². The van der Waals surface area contributed by atoms with Gasteiger partial charge in [-0.15, -0.1) is 0 Å². The highest BCUT2D eigenvalue weighted by Gasteiger charge is 2.24. The summed E-state index contributed by atoms with van der Waals surface area (Å²) < 4.78 is 3.72. The number of benzene rings is 2. The lowest BCUT2D eigenvalue weighted by atomic mass is 9.97. The van der Waals surface area contributed by atoms with Crippen molar-refractivity contribution in [3.63, 3.8) is 0 Å². The Morgan fingerprint density at radius 1 is 1.11 bits per heavy atom. The van der Waals surface area contributed by atoms with Gasteiger partial charge in [-0.2, -0.15) is 15.1 Å². The molecule has 6 heteroatoms. The lowest BCUT2D eigenvalue weighted by molar-refractivity contribution is 0.710. The van der Waals surface area contributed by atoms with E-state index in [9.17, 15) is 4.91 Å². The summed E-state index contributed by atoms with van der Waals surface area (Å²) in [5.74, 6) is 0. The number of hydrogen-bond acceptors (Lipinski definition) is 4. The molecule has 1 atom stereocenters. The van der Waals surface area contributed by atoms with E-state index in [4.69, 9.17) is 5.10 Å². The second kappa shape index (κ2) is 5.87. The van der Waals surface area contributed by atoms with E-state index >= 15 is 0 Å². The molecule has 27 heavy (non-hydrogen) atoms. The van der Waals surface area contributed by atoms with E-state index in [1.54, 1.807) is 0 Å². The van der Waals surface area contributed by atoms with Crippen LogP contribution in [0.25, 0.3) is 33.3 Å². The summed E-state index contributed by atoms with van der Waals surface area (Å²) in [6.07, 6.45) is 5.63. The lowest BCUT2D eigenvalue weighted by Crippen LogP contribution is -1.90. The molecular formula is C21H19N5O. The van der Waals surface area contributed by atoms with Crippen LogP contribution < -0.4 is 0 Å². The summed E-state index contributed by atoms with van der Waals surface area (Å²) in [5.41, 5.74) is 7.61. The fourth-order valence-electron chi connectivity index (χ4n) is 4.10. The van der Waals surface area contributed by atoms with Crippen molar-refractivity contribution in [3.8, 4) is 22.4 Å². The Bertz CT molecular complexity index is 1190. The Morgan fingerprint density at radius 3 is 2.81 bits per heavy atom. The molecule has 0 aliphatic heterocycles. The van der Waals surface area contributed by atoms with Crippen molar-refractivity contribution in [1.29, 1.82) is 0 Å². The van der Waals surface area contributed by atoms with Crippen LogP contribution in [0, 0.1) is 4.91 Å². The zero-order valence-corrected chi connectivity index (χ0v) is 15.3. The molecule has 0 amide bonds. The summed E-state index contributed by atoms with van der Waals surface area (Å²) in [6, 6.07) is 12.4. The minimum absolute atomic E-state index is 0.199. The third-order valence-corrected chi connectivity index (χ3v) is 5.48. The SMILES string of the molecule is Cn1cc(-c2ccc3c(c2)CCC3N=O)c(-c2ccc3c(cnn3C)c2)n1. The molecule has 1 unspecified atom stereocenters. The van der Waals surface area contributed by atoms with Crippen LogP contribution in [-0.4, -0.2) is 19.6 Å². The third-order valence-electron chi connectivity index (χ3n) is 5.48. The first-order valence-corrected chi connectivity index (χ1v) is 9.05. The quantitative estimate of drug-likeness (QED) is 0.511. The molecule has 2 heterocycles. The van der Waals surface area contributed by atoms with E-state index in [0.717, 1.165) is 51.7 Å². The van der Waals surface area contributed by atoms with Crippen LogP contribution in [0.3, 0.4) is 0 Å². The van der Waals surface area contributed by atoms with Gasteiger partial charge in [-0.05, 0) is 41.7 Å². The highest BCUT2D eigenvalue weighted by Crippen LogP contribution is 2.38. The molecule has 0 spiro atoms. The minimum atomic E-state index is -0.199. The molecule has 0 fully saturated rings. The van der Waals surface area contributed by atoms with Crippen LogP contribution in [0.4, 0.5) is 0 Å². The van der Waals surface area contributed by atoms with Gasteiger partial charge in [0.05, 0.1) is 11.7 Å². The first kappa shape index (κ1) is 15.9. The molecule has 5 rings (SSSR count). The van der Waals surface area contributed by atoms with Crippen LogP contribution in [0.5, 0.6) is 0 Å². The summed E-state index contributed by atoms with van der Waals surface area (Å²) >= 11 is 0. The minimum Gasteiger partial charge on any atom is -0.275 e. The van der Waals surface area contributed by atoms with Crippen molar-refractivity contribution in [2.24, 2.45) is 19.3 Å². The molecule has 0 bridgehead atoms. The van der Waals surface area contributed by atoms with Gasteiger partial charge >= 0.3 is 0 Å². The number of fused-ring (bicyclic) bond motifs is 2. The van der Waals surface area contributed by atoms with Crippen molar-refractivity contribution < 1.29 is 0 Å². The van der Waals surface area contributed by atoms with Gasteiger partial charge in [0.2, 0.25) is 0 Å². The predicted molar refractivity (Wildman–Crippen MR) is 105 cm³/mol. The first-order chi connectivity index (χ1) is 13.1. The van der Waals surface area contributed by atoms with E-state index in [1.165, 1.54) is 5.56 Å². The van der Waals surface area contributed by atoms with E-state index < -0.39 is 0 Å². The largest absolute Gasteiger partial charge is 0.275 e. The van der Waals surface area contributed by atoms with Crippen molar-refractivity contribution in [2.45, 2.75) is 18.9 Å². The zero-order chi connectivity index (χ0) is 18.5. The topological polar surface area (TPSA) is 65.1 Å². The molecule has 0 saturated heterocycles. The number of aromatic nitrogens is 4. The van der Waals surface area contributed by atoms with E-state index in [2.05, 4.69) is 46.8 Å². The Labute approximate surface area is 156 Å². The number of hydrogen-bond donors (Lipinski definition) is 0. The smallest absolute Gasteiger partial charge is 0.117 e. The van der Waals surface area contributed by atoms with E-state index in [-0.39, 0.29) is 6.04 Å². The van der Waals surface area contributed by atoms with Gasteiger partial charge in [0.1, 0.15) is 11.7 Å². The van der Waals surface area contributed by atoms with Gasteiger partial charge in [0.15, 0.2) is 0 Å². The number of aryl methyl sites for hydroxylation is 3. The number of rotatable bonds is 3. The summed E-state index contributed by atoms with van der Waals surface area (Å²) in [7, 11) is 3.88. The average molecular weight is 357 g/mol. The molecule has 6 nitrogen and oxygen atoms in total. The van der Waals surface area contributed by atoms with Gasteiger partial charge < -0.3 is 0 Å². The summed E-state index contributed by atoms with van der Waals surface area (Å²) in [4.78, 5) is 11.0. The molecule has 0 N–H and O–H groups in total. The highest BCUT2D eigenvalue weighted by molar-refractivity contribution is 5.88. The fourth-order valence-corrected chi connectivity index (χ4v) is 4.10. The van der Waals surface area contributed by atoms with Gasteiger partial charge in [0.25, 0.3) is 0 Å². The monoisotopic (exact) mass is 357 g/mol. The van der Waals surface area contributed by atoms with Crippen molar-refractivity contribution in [2.75, 3.05) is 0 Å². The van der Waals surface area contributed by atoms with E-state index in [1.807, 2.05) is 35.7 Å². The second-order valence-electron chi connectivity index (χ2n) is 7.18. The van der Waals surface area contributed by atoms with Gasteiger partial charge in [-0.3, -0.25) is 9.36 Å². The van der Waals surface area contributed by atoms with Crippen LogP contribution in [0.15, 0.2) is 54.0 Å². The van der Waals surface area contributed by atoms with Crippen molar-refractivity contribution in [3.05, 3.63) is 64.8 Å².